The van der Waals surface area contributed by atoms with Gasteiger partial charge in [-0.2, -0.15) is 0 Å². The lowest BCUT2D eigenvalue weighted by atomic mass is 9.95. The molecule has 2 nitrogen and oxygen atoms in total. The first-order valence-electron chi connectivity index (χ1n) is 9.49. The average molecular weight is 325 g/mol. The smallest absolute Gasteiger partial charge is 0.0446 e. The van der Waals surface area contributed by atoms with Gasteiger partial charge >= 0.3 is 0 Å². The van der Waals surface area contributed by atoms with Crippen molar-refractivity contribution in [1.82, 2.24) is 4.90 Å². The molecule has 24 heavy (non-hydrogen) atoms. The number of fused-ring (bicyclic) bond motifs is 2. The van der Waals surface area contributed by atoms with Gasteiger partial charge in [0, 0.05) is 24.3 Å². The SMILES string of the molecule is CC.CCN(CC)CCCN1c2ccccc2Cc2ccccc21. The van der Waals surface area contributed by atoms with E-state index in [0.717, 1.165) is 26.1 Å². The molecule has 0 amide bonds. The summed E-state index contributed by atoms with van der Waals surface area (Å²) in [6.07, 6.45) is 2.25. The molecule has 0 saturated heterocycles. The predicted molar refractivity (Wildman–Crippen MR) is 106 cm³/mol. The second-order valence-electron chi connectivity index (χ2n) is 5.97. The van der Waals surface area contributed by atoms with Crippen molar-refractivity contribution in [3.63, 3.8) is 0 Å². The fourth-order valence-electron chi connectivity index (χ4n) is 3.42. The van der Waals surface area contributed by atoms with Crippen LogP contribution < -0.4 is 4.90 Å². The van der Waals surface area contributed by atoms with Gasteiger partial charge < -0.3 is 9.80 Å². The van der Waals surface area contributed by atoms with E-state index >= 15 is 0 Å². The van der Waals surface area contributed by atoms with Crippen molar-refractivity contribution >= 4 is 11.4 Å². The first-order valence-corrected chi connectivity index (χ1v) is 9.49. The van der Waals surface area contributed by atoms with Gasteiger partial charge in [0.1, 0.15) is 0 Å². The Balaban J connectivity index is 0.00000100. The van der Waals surface area contributed by atoms with Crippen molar-refractivity contribution in [3.8, 4) is 0 Å². The van der Waals surface area contributed by atoms with Gasteiger partial charge in [0.25, 0.3) is 0 Å². The van der Waals surface area contributed by atoms with E-state index in [-0.39, 0.29) is 0 Å². The summed E-state index contributed by atoms with van der Waals surface area (Å²) in [6.45, 7) is 13.0. The number of benzene rings is 2. The van der Waals surface area contributed by atoms with Crippen LogP contribution >= 0.6 is 0 Å². The standard InChI is InChI=1S/C20H26N2.C2H6/c1-3-21(4-2)14-9-15-22-19-12-7-5-10-17(19)16-18-11-6-8-13-20(18)22;1-2/h5-8,10-13H,3-4,9,14-16H2,1-2H3;1-2H3. The third kappa shape index (κ3) is 4.18. The number of hydrogen-bond acceptors (Lipinski definition) is 2. The maximum absolute atomic E-state index is 2.51. The van der Waals surface area contributed by atoms with Crippen LogP contribution in [0.4, 0.5) is 11.4 Å². The largest absolute Gasteiger partial charge is 0.341 e. The van der Waals surface area contributed by atoms with Crippen molar-refractivity contribution in [2.24, 2.45) is 0 Å². The van der Waals surface area contributed by atoms with Gasteiger partial charge in [0.05, 0.1) is 0 Å². The van der Waals surface area contributed by atoms with E-state index in [4.69, 9.17) is 0 Å². The Bertz CT molecular complexity index is 571. The van der Waals surface area contributed by atoms with Gasteiger partial charge in [0.15, 0.2) is 0 Å². The number of hydrogen-bond donors (Lipinski definition) is 0. The van der Waals surface area contributed by atoms with Crippen LogP contribution in [0, 0.1) is 0 Å². The molecule has 1 heterocycles. The monoisotopic (exact) mass is 324 g/mol. The van der Waals surface area contributed by atoms with Crippen LogP contribution in [0.25, 0.3) is 0 Å². The molecule has 1 aliphatic heterocycles. The highest BCUT2D eigenvalue weighted by molar-refractivity contribution is 5.74. The summed E-state index contributed by atoms with van der Waals surface area (Å²) in [5, 5.41) is 0. The van der Waals surface area contributed by atoms with E-state index < -0.39 is 0 Å². The number of rotatable bonds is 6. The van der Waals surface area contributed by atoms with Crippen LogP contribution in [0.5, 0.6) is 0 Å². The topological polar surface area (TPSA) is 6.48 Å². The number of nitrogens with zero attached hydrogens (tertiary/aromatic N) is 2. The quantitative estimate of drug-likeness (QED) is 0.693. The van der Waals surface area contributed by atoms with Crippen LogP contribution in [0.3, 0.4) is 0 Å². The average Bonchev–Trinajstić information content (AvgIpc) is 2.66. The first kappa shape index (κ1) is 18.5. The molecule has 1 aliphatic rings. The number of anilines is 2. The van der Waals surface area contributed by atoms with E-state index in [9.17, 15) is 0 Å². The minimum atomic E-state index is 1.05. The third-order valence-corrected chi connectivity index (χ3v) is 4.70. The Hall–Kier alpha value is -1.80. The summed E-state index contributed by atoms with van der Waals surface area (Å²) < 4.78 is 0. The summed E-state index contributed by atoms with van der Waals surface area (Å²) in [6, 6.07) is 17.7. The van der Waals surface area contributed by atoms with Crippen molar-refractivity contribution in [2.75, 3.05) is 31.1 Å². The van der Waals surface area contributed by atoms with Crippen molar-refractivity contribution in [2.45, 2.75) is 40.5 Å². The molecule has 0 saturated carbocycles. The lowest BCUT2D eigenvalue weighted by Gasteiger charge is -2.34. The molecular formula is C22H32N2. The van der Waals surface area contributed by atoms with E-state index in [0.29, 0.717) is 0 Å². The molecule has 0 radical (unpaired) electrons. The molecule has 0 aromatic heterocycles. The van der Waals surface area contributed by atoms with E-state index in [1.54, 1.807) is 0 Å². The van der Waals surface area contributed by atoms with Gasteiger partial charge in [0.2, 0.25) is 0 Å². The fraction of sp³-hybridized carbons (Fsp3) is 0.455. The minimum absolute atomic E-state index is 1.05. The summed E-state index contributed by atoms with van der Waals surface area (Å²) >= 11 is 0. The fourth-order valence-corrected chi connectivity index (χ4v) is 3.42. The van der Waals surface area contributed by atoms with Crippen LogP contribution in [0.15, 0.2) is 48.5 Å². The Labute approximate surface area is 148 Å². The molecule has 2 heteroatoms. The third-order valence-electron chi connectivity index (χ3n) is 4.70. The molecule has 2 aromatic rings. The van der Waals surface area contributed by atoms with Gasteiger partial charge in [-0.15, -0.1) is 0 Å². The molecule has 0 N–H and O–H groups in total. The highest BCUT2D eigenvalue weighted by Gasteiger charge is 2.21. The molecular weight excluding hydrogens is 292 g/mol. The first-order chi connectivity index (χ1) is 11.8. The summed E-state index contributed by atoms with van der Waals surface area (Å²) in [7, 11) is 0. The maximum Gasteiger partial charge on any atom is 0.0446 e. The van der Waals surface area contributed by atoms with Crippen molar-refractivity contribution < 1.29 is 0 Å². The second kappa shape index (κ2) is 9.48. The Morgan fingerprint density at radius 3 is 1.83 bits per heavy atom. The van der Waals surface area contributed by atoms with E-state index in [2.05, 4.69) is 72.2 Å². The van der Waals surface area contributed by atoms with Crippen molar-refractivity contribution in [3.05, 3.63) is 59.7 Å². The Morgan fingerprint density at radius 1 is 0.833 bits per heavy atom. The Kier molecular flexibility index (Phi) is 7.33. The molecule has 130 valence electrons. The molecule has 2 aromatic carbocycles. The van der Waals surface area contributed by atoms with Crippen LogP contribution in [-0.2, 0) is 6.42 Å². The molecule has 0 spiro atoms. The Morgan fingerprint density at radius 2 is 1.33 bits per heavy atom. The predicted octanol–water partition coefficient (Wildman–Crippen LogP) is 5.49. The van der Waals surface area contributed by atoms with Gasteiger partial charge in [-0.1, -0.05) is 64.1 Å². The van der Waals surface area contributed by atoms with Gasteiger partial charge in [-0.05, 0) is 49.3 Å². The summed E-state index contributed by atoms with van der Waals surface area (Å²) in [5.74, 6) is 0. The van der Waals surface area contributed by atoms with Gasteiger partial charge in [-0.3, -0.25) is 0 Å². The van der Waals surface area contributed by atoms with Crippen LogP contribution in [0.1, 0.15) is 45.2 Å². The van der Waals surface area contributed by atoms with E-state index in [1.807, 2.05) is 13.8 Å². The summed E-state index contributed by atoms with van der Waals surface area (Å²) in [5.41, 5.74) is 5.68. The molecule has 0 aliphatic carbocycles. The zero-order valence-electron chi connectivity index (χ0n) is 15.8. The normalized spacial score (nSPS) is 12.3. The zero-order valence-corrected chi connectivity index (χ0v) is 15.8. The highest BCUT2D eigenvalue weighted by Crippen LogP contribution is 2.38. The molecule has 0 atom stereocenters. The molecule has 0 bridgehead atoms. The lowest BCUT2D eigenvalue weighted by molar-refractivity contribution is 0.301. The van der Waals surface area contributed by atoms with Crippen molar-refractivity contribution in [1.29, 1.82) is 0 Å². The zero-order chi connectivity index (χ0) is 17.4. The number of para-hydroxylation sites is 2. The van der Waals surface area contributed by atoms with E-state index in [1.165, 1.54) is 35.5 Å². The molecule has 0 unspecified atom stereocenters. The van der Waals surface area contributed by atoms with Gasteiger partial charge in [-0.25, -0.2) is 0 Å². The maximum atomic E-state index is 2.51. The van der Waals surface area contributed by atoms with Crippen LogP contribution in [-0.4, -0.2) is 31.1 Å². The summed E-state index contributed by atoms with van der Waals surface area (Å²) in [4.78, 5) is 5.01. The minimum Gasteiger partial charge on any atom is -0.341 e. The highest BCUT2D eigenvalue weighted by atomic mass is 15.2. The lowest BCUT2D eigenvalue weighted by Crippen LogP contribution is -2.29. The van der Waals surface area contributed by atoms with Crippen LogP contribution in [0.2, 0.25) is 0 Å². The molecule has 3 rings (SSSR count). The second-order valence-corrected chi connectivity index (χ2v) is 5.97. The molecule has 0 fully saturated rings.